The van der Waals surface area contributed by atoms with Gasteiger partial charge < -0.3 is 9.88 Å². The highest BCUT2D eigenvalue weighted by atomic mass is 35.5. The minimum atomic E-state index is -0.153. The number of hydrogen-bond donors (Lipinski definition) is 1. The van der Waals surface area contributed by atoms with Crippen LogP contribution in [0.5, 0.6) is 0 Å². The number of imidazole rings is 1. The third-order valence-electron chi connectivity index (χ3n) is 6.28. The lowest BCUT2D eigenvalue weighted by molar-refractivity contribution is 0.0920. The lowest BCUT2D eigenvalue weighted by atomic mass is 9.89. The van der Waals surface area contributed by atoms with Crippen molar-refractivity contribution >= 4 is 39.9 Å². The van der Waals surface area contributed by atoms with E-state index in [-0.39, 0.29) is 23.4 Å². The molecule has 1 fully saturated rings. The van der Waals surface area contributed by atoms with E-state index in [1.807, 2.05) is 24.4 Å². The van der Waals surface area contributed by atoms with Crippen molar-refractivity contribution in [1.29, 1.82) is 0 Å². The van der Waals surface area contributed by atoms with Crippen LogP contribution in [0.4, 0.5) is 0 Å². The van der Waals surface area contributed by atoms with Gasteiger partial charge in [-0.25, -0.2) is 9.97 Å². The number of rotatable bonds is 5. The molecule has 4 heterocycles. The number of thiazole rings is 1. The topological polar surface area (TPSA) is 85.6 Å². The predicted molar refractivity (Wildman–Crippen MR) is 140 cm³/mol. The fourth-order valence-electron chi connectivity index (χ4n) is 4.85. The summed E-state index contributed by atoms with van der Waals surface area (Å²) >= 11 is 7.18. The summed E-state index contributed by atoms with van der Waals surface area (Å²) in [5, 5.41) is 3.59. The summed E-state index contributed by atoms with van der Waals surface area (Å²) < 4.78 is 2.92. The van der Waals surface area contributed by atoms with Gasteiger partial charge in [0, 0.05) is 24.7 Å². The molecule has 1 N–H and O–H groups in total. The molecule has 2 atom stereocenters. The molecular weight excluding hydrogens is 480 g/mol. The summed E-state index contributed by atoms with van der Waals surface area (Å²) in [7, 11) is 0. The zero-order valence-corrected chi connectivity index (χ0v) is 21.7. The van der Waals surface area contributed by atoms with E-state index in [2.05, 4.69) is 51.7 Å². The van der Waals surface area contributed by atoms with Gasteiger partial charge in [0.2, 0.25) is 0 Å². The first-order valence-corrected chi connectivity index (χ1v) is 13.2. The highest BCUT2D eigenvalue weighted by Gasteiger charge is 2.29. The molecule has 4 aromatic rings. The van der Waals surface area contributed by atoms with Crippen molar-refractivity contribution < 1.29 is 4.79 Å². The van der Waals surface area contributed by atoms with Gasteiger partial charge in [-0.15, -0.1) is 0 Å². The molecule has 9 heteroatoms. The van der Waals surface area contributed by atoms with Crippen LogP contribution in [0.2, 0.25) is 4.34 Å². The molecule has 1 aliphatic carbocycles. The van der Waals surface area contributed by atoms with E-state index in [0.717, 1.165) is 60.3 Å². The number of hydrogen-bond acceptors (Lipinski definition) is 6. The van der Waals surface area contributed by atoms with E-state index < -0.39 is 0 Å². The van der Waals surface area contributed by atoms with Crippen LogP contribution in [-0.2, 0) is 6.42 Å². The molecule has 0 unspecified atom stereocenters. The average molecular weight is 509 g/mol. The van der Waals surface area contributed by atoms with Gasteiger partial charge >= 0.3 is 0 Å². The van der Waals surface area contributed by atoms with Gasteiger partial charge in [-0.2, -0.15) is 0 Å². The summed E-state index contributed by atoms with van der Waals surface area (Å²) in [6.07, 6.45) is 9.88. The second-order valence-corrected chi connectivity index (χ2v) is 12.0. The van der Waals surface area contributed by atoms with Gasteiger partial charge in [-0.3, -0.25) is 14.8 Å². The number of carbonyl (C=O) groups excluding carboxylic acids is 1. The molecule has 0 bridgehead atoms. The lowest BCUT2D eigenvalue weighted by Crippen LogP contribution is -2.39. The first-order valence-electron chi connectivity index (χ1n) is 12.0. The Labute approximate surface area is 214 Å². The minimum absolute atomic E-state index is 0.0703. The summed E-state index contributed by atoms with van der Waals surface area (Å²) in [5.74, 6) is 0.913. The molecule has 0 aromatic carbocycles. The van der Waals surface area contributed by atoms with E-state index in [1.54, 1.807) is 6.20 Å². The molecule has 5 rings (SSSR count). The van der Waals surface area contributed by atoms with Crippen LogP contribution in [0.15, 0.2) is 42.9 Å². The second-order valence-electron chi connectivity index (χ2n) is 10.4. The van der Waals surface area contributed by atoms with Crippen LogP contribution in [-0.4, -0.2) is 36.5 Å². The Kier molecular flexibility index (Phi) is 6.59. The number of nitrogens with one attached hydrogen (secondary N) is 1. The molecule has 0 aliphatic heterocycles. The van der Waals surface area contributed by atoms with Gasteiger partial charge in [0.25, 0.3) is 5.91 Å². The first kappa shape index (κ1) is 23.9. The number of nitrogens with zero attached hydrogens (tertiary/aromatic N) is 5. The highest BCUT2D eigenvalue weighted by Crippen LogP contribution is 2.35. The first-order chi connectivity index (χ1) is 16.8. The third-order valence-corrected chi connectivity index (χ3v) is 7.40. The number of carbonyl (C=O) groups is 1. The van der Waals surface area contributed by atoms with E-state index in [0.29, 0.717) is 9.34 Å². The molecule has 7 nitrogen and oxygen atoms in total. The largest absolute Gasteiger partial charge is 0.347 e. The monoisotopic (exact) mass is 508 g/mol. The zero-order valence-electron chi connectivity index (χ0n) is 20.2. The SMILES string of the molecule is CC(C)(C)Cc1nc2cnc(-c3ccccn3)cc2n1[C@@H]1CCC[C@H](NC(=O)c2ncc(Cl)s2)C1. The van der Waals surface area contributed by atoms with Crippen molar-refractivity contribution in [3.63, 3.8) is 0 Å². The quantitative estimate of drug-likeness (QED) is 0.351. The van der Waals surface area contributed by atoms with E-state index >= 15 is 0 Å². The average Bonchev–Trinajstić information content (AvgIpc) is 3.41. The third kappa shape index (κ3) is 5.38. The zero-order chi connectivity index (χ0) is 24.6. The summed E-state index contributed by atoms with van der Waals surface area (Å²) in [5.41, 5.74) is 3.73. The van der Waals surface area contributed by atoms with Crippen molar-refractivity contribution in [2.75, 3.05) is 0 Å². The van der Waals surface area contributed by atoms with E-state index in [4.69, 9.17) is 16.6 Å². The van der Waals surface area contributed by atoms with Gasteiger partial charge in [0.05, 0.1) is 29.3 Å². The molecule has 182 valence electrons. The second kappa shape index (κ2) is 9.66. The standard InChI is InChI=1S/C26H29ClN6OS/c1-26(2,3)13-23-32-20-14-29-19(18-9-4-5-10-28-18)12-21(20)33(23)17-8-6-7-16(11-17)31-24(34)25-30-15-22(27)35-25/h4-5,9-10,12,14-17H,6-8,11,13H2,1-3H3,(H,31,34)/t16-,17+/m0/s1. The van der Waals surface area contributed by atoms with Crippen LogP contribution >= 0.6 is 22.9 Å². The Bertz CT molecular complexity index is 1340. The molecule has 35 heavy (non-hydrogen) atoms. The van der Waals surface area contributed by atoms with Crippen LogP contribution in [0.25, 0.3) is 22.4 Å². The Balaban J connectivity index is 1.48. The maximum atomic E-state index is 12.7. The molecule has 0 saturated heterocycles. The Hall–Kier alpha value is -2.84. The smallest absolute Gasteiger partial charge is 0.280 e. The van der Waals surface area contributed by atoms with Crippen molar-refractivity contribution in [2.24, 2.45) is 5.41 Å². The van der Waals surface area contributed by atoms with Crippen LogP contribution in [0, 0.1) is 5.41 Å². The lowest BCUT2D eigenvalue weighted by Gasteiger charge is -2.32. The molecule has 1 amide bonds. The normalized spacial score (nSPS) is 18.6. The Morgan fingerprint density at radius 2 is 2.03 bits per heavy atom. The fourth-order valence-corrected chi connectivity index (χ4v) is 5.66. The van der Waals surface area contributed by atoms with E-state index in [9.17, 15) is 4.79 Å². The number of aromatic nitrogens is 5. The Morgan fingerprint density at radius 3 is 2.74 bits per heavy atom. The van der Waals surface area contributed by atoms with Gasteiger partial charge in [-0.1, -0.05) is 49.8 Å². The molecule has 1 saturated carbocycles. The van der Waals surface area contributed by atoms with Gasteiger partial charge in [0.1, 0.15) is 15.7 Å². The molecule has 1 aliphatic rings. The maximum absolute atomic E-state index is 12.7. The molecule has 0 spiro atoms. The van der Waals surface area contributed by atoms with Crippen LogP contribution in [0.3, 0.4) is 0 Å². The summed E-state index contributed by atoms with van der Waals surface area (Å²) in [6.45, 7) is 6.70. The summed E-state index contributed by atoms with van der Waals surface area (Å²) in [4.78, 5) is 31.0. The van der Waals surface area contributed by atoms with Crippen LogP contribution < -0.4 is 5.32 Å². The van der Waals surface area contributed by atoms with Gasteiger partial charge in [-0.05, 0) is 49.3 Å². The van der Waals surface area contributed by atoms with Crippen molar-refractivity contribution in [3.8, 4) is 11.4 Å². The summed E-state index contributed by atoms with van der Waals surface area (Å²) in [6, 6.07) is 8.26. The number of pyridine rings is 2. The minimum Gasteiger partial charge on any atom is -0.347 e. The van der Waals surface area contributed by atoms with Crippen molar-refractivity contribution in [1.82, 2.24) is 29.8 Å². The molecule has 4 aromatic heterocycles. The Morgan fingerprint density at radius 1 is 1.17 bits per heavy atom. The number of fused-ring (bicyclic) bond motifs is 1. The number of halogens is 1. The fraction of sp³-hybridized carbons (Fsp3) is 0.423. The number of amides is 1. The maximum Gasteiger partial charge on any atom is 0.280 e. The van der Waals surface area contributed by atoms with Crippen molar-refractivity contribution in [2.45, 2.75) is 65.0 Å². The van der Waals surface area contributed by atoms with Crippen molar-refractivity contribution in [3.05, 3.63) is 58.0 Å². The molecule has 0 radical (unpaired) electrons. The van der Waals surface area contributed by atoms with Gasteiger partial charge in [0.15, 0.2) is 5.01 Å². The predicted octanol–water partition coefficient (Wildman–Crippen LogP) is 6.11. The highest BCUT2D eigenvalue weighted by molar-refractivity contribution is 7.17. The van der Waals surface area contributed by atoms with E-state index in [1.165, 1.54) is 17.5 Å². The molecular formula is C26H29ClN6OS. The van der Waals surface area contributed by atoms with Crippen LogP contribution in [0.1, 0.15) is 68.1 Å².